The minimum absolute atomic E-state index is 0.00706. The molecule has 0 spiro atoms. The summed E-state index contributed by atoms with van der Waals surface area (Å²) in [6, 6.07) is 16.0. The van der Waals surface area contributed by atoms with Gasteiger partial charge in [0.1, 0.15) is 11.4 Å². The molecule has 1 heterocycles. The van der Waals surface area contributed by atoms with Gasteiger partial charge in [-0.1, -0.05) is 55.9 Å². The van der Waals surface area contributed by atoms with Gasteiger partial charge in [0.2, 0.25) is 0 Å². The molecule has 1 aromatic heterocycles. The van der Waals surface area contributed by atoms with Gasteiger partial charge in [0.25, 0.3) is 0 Å². The first-order valence-corrected chi connectivity index (χ1v) is 9.91. The van der Waals surface area contributed by atoms with Crippen LogP contribution >= 0.6 is 11.8 Å². The zero-order valence-corrected chi connectivity index (χ0v) is 16.8. The fourth-order valence-electron chi connectivity index (χ4n) is 2.78. The number of methoxy groups -OCH3 is 1. The van der Waals surface area contributed by atoms with E-state index in [-0.39, 0.29) is 11.7 Å². The number of thioether (sulfide) groups is 1. The Morgan fingerprint density at radius 1 is 1.07 bits per heavy atom. The number of hydrogen-bond acceptors (Lipinski definition) is 5. The lowest BCUT2D eigenvalue weighted by atomic mass is 9.98. The molecule has 144 valence electrons. The average Bonchev–Trinajstić information content (AvgIpc) is 2.72. The maximum atomic E-state index is 13.4. The van der Waals surface area contributed by atoms with E-state index >= 15 is 0 Å². The van der Waals surface area contributed by atoms with Gasteiger partial charge < -0.3 is 4.74 Å². The Bertz CT molecular complexity index is 960. The van der Waals surface area contributed by atoms with Gasteiger partial charge >= 0.3 is 5.97 Å². The predicted octanol–water partition coefficient (Wildman–Crippen LogP) is 5.49. The van der Waals surface area contributed by atoms with E-state index in [9.17, 15) is 9.18 Å². The summed E-state index contributed by atoms with van der Waals surface area (Å²) in [7, 11) is 1.33. The number of nitrogens with zero attached hydrogens (tertiary/aromatic N) is 2. The van der Waals surface area contributed by atoms with Crippen molar-refractivity contribution in [2.75, 3.05) is 7.11 Å². The number of halogens is 1. The fraction of sp³-hybridized carbons (Fsp3) is 0.227. The monoisotopic (exact) mass is 396 g/mol. The van der Waals surface area contributed by atoms with Gasteiger partial charge in [-0.15, -0.1) is 0 Å². The SMILES string of the molecule is COC(=O)c1c(-c2ccc(F)cc2)nc(SCc2ccccc2)nc1C(C)C. The lowest BCUT2D eigenvalue weighted by Crippen LogP contribution is -2.13. The van der Waals surface area contributed by atoms with Crippen molar-refractivity contribution in [1.29, 1.82) is 0 Å². The zero-order valence-electron chi connectivity index (χ0n) is 16.0. The topological polar surface area (TPSA) is 52.1 Å². The highest BCUT2D eigenvalue weighted by Crippen LogP contribution is 2.31. The molecule has 3 aromatic rings. The molecule has 0 saturated heterocycles. The zero-order chi connectivity index (χ0) is 20.1. The Morgan fingerprint density at radius 3 is 2.36 bits per heavy atom. The Kier molecular flexibility index (Phi) is 6.41. The van der Waals surface area contributed by atoms with Crippen molar-refractivity contribution in [3.8, 4) is 11.3 Å². The van der Waals surface area contributed by atoms with Crippen LogP contribution in [0, 0.1) is 5.82 Å². The number of carbonyl (C=O) groups is 1. The van der Waals surface area contributed by atoms with Gasteiger partial charge in [0, 0.05) is 11.3 Å². The molecule has 0 bridgehead atoms. The third-order valence-corrected chi connectivity index (χ3v) is 5.10. The molecule has 0 aliphatic rings. The summed E-state index contributed by atoms with van der Waals surface area (Å²) in [6.07, 6.45) is 0. The molecule has 0 unspecified atom stereocenters. The summed E-state index contributed by atoms with van der Waals surface area (Å²) in [6.45, 7) is 3.93. The van der Waals surface area contributed by atoms with Gasteiger partial charge in [-0.2, -0.15) is 0 Å². The summed E-state index contributed by atoms with van der Waals surface area (Å²) in [5.74, 6) is -0.145. The minimum Gasteiger partial charge on any atom is -0.465 e. The standard InChI is InChI=1S/C22H21FN2O2S/c1-14(2)19-18(21(26)27-3)20(16-9-11-17(23)12-10-16)25-22(24-19)28-13-15-7-5-4-6-8-15/h4-12,14H,13H2,1-3H3. The van der Waals surface area contributed by atoms with E-state index in [1.54, 1.807) is 12.1 Å². The first kappa shape index (κ1) is 20.0. The number of rotatable bonds is 6. The maximum absolute atomic E-state index is 13.4. The first-order valence-electron chi connectivity index (χ1n) is 8.92. The molecule has 0 aliphatic carbocycles. The summed E-state index contributed by atoms with van der Waals surface area (Å²) >= 11 is 1.50. The number of aromatic nitrogens is 2. The van der Waals surface area contributed by atoms with E-state index < -0.39 is 5.97 Å². The lowest BCUT2D eigenvalue weighted by Gasteiger charge is -2.16. The molecule has 0 aliphatic heterocycles. The third kappa shape index (κ3) is 4.57. The van der Waals surface area contributed by atoms with Crippen molar-refractivity contribution >= 4 is 17.7 Å². The van der Waals surface area contributed by atoms with E-state index in [2.05, 4.69) is 9.97 Å². The van der Waals surface area contributed by atoms with Crippen LogP contribution in [-0.2, 0) is 10.5 Å². The van der Waals surface area contributed by atoms with Gasteiger partial charge in [-0.05, 0) is 35.7 Å². The molecular weight excluding hydrogens is 375 g/mol. The van der Waals surface area contributed by atoms with Crippen molar-refractivity contribution in [3.63, 3.8) is 0 Å². The molecule has 0 atom stereocenters. The Balaban J connectivity index is 2.09. The number of carbonyl (C=O) groups excluding carboxylic acids is 1. The Labute approximate surface area is 168 Å². The molecule has 4 nitrogen and oxygen atoms in total. The van der Waals surface area contributed by atoms with Crippen molar-refractivity contribution in [3.05, 3.63) is 77.2 Å². The van der Waals surface area contributed by atoms with Crippen LogP contribution in [0.5, 0.6) is 0 Å². The summed E-state index contributed by atoms with van der Waals surface area (Å²) in [5.41, 5.74) is 3.21. The third-order valence-electron chi connectivity index (χ3n) is 4.18. The van der Waals surface area contributed by atoms with Gasteiger partial charge in [-0.3, -0.25) is 0 Å². The second kappa shape index (κ2) is 8.97. The maximum Gasteiger partial charge on any atom is 0.341 e. The van der Waals surface area contributed by atoms with Crippen LogP contribution in [0.3, 0.4) is 0 Å². The highest BCUT2D eigenvalue weighted by molar-refractivity contribution is 7.98. The summed E-state index contributed by atoms with van der Waals surface area (Å²) in [5, 5.41) is 0.569. The predicted molar refractivity (Wildman–Crippen MR) is 109 cm³/mol. The molecule has 6 heteroatoms. The smallest absolute Gasteiger partial charge is 0.341 e. The quantitative estimate of drug-likeness (QED) is 0.313. The second-order valence-corrected chi connectivity index (χ2v) is 7.48. The molecule has 0 amide bonds. The van der Waals surface area contributed by atoms with Crippen LogP contribution in [-0.4, -0.2) is 23.0 Å². The molecule has 28 heavy (non-hydrogen) atoms. The van der Waals surface area contributed by atoms with E-state index in [0.717, 1.165) is 5.56 Å². The Morgan fingerprint density at radius 2 is 1.75 bits per heavy atom. The van der Waals surface area contributed by atoms with Gasteiger partial charge in [0.05, 0.1) is 18.5 Å². The summed E-state index contributed by atoms with van der Waals surface area (Å²) < 4.78 is 18.4. The lowest BCUT2D eigenvalue weighted by molar-refractivity contribution is 0.0598. The van der Waals surface area contributed by atoms with Crippen LogP contribution in [0.4, 0.5) is 4.39 Å². The number of benzene rings is 2. The molecule has 2 aromatic carbocycles. The minimum atomic E-state index is -0.498. The van der Waals surface area contributed by atoms with Crippen molar-refractivity contribution in [2.45, 2.75) is 30.7 Å². The normalized spacial score (nSPS) is 10.9. The molecule has 0 N–H and O–H groups in total. The molecule has 0 fully saturated rings. The summed E-state index contributed by atoms with van der Waals surface area (Å²) in [4.78, 5) is 21.8. The fourth-order valence-corrected chi connectivity index (χ4v) is 3.59. The van der Waals surface area contributed by atoms with Crippen LogP contribution in [0.2, 0.25) is 0 Å². The van der Waals surface area contributed by atoms with E-state index in [4.69, 9.17) is 4.74 Å². The Hall–Kier alpha value is -2.73. The highest BCUT2D eigenvalue weighted by atomic mass is 32.2. The molecular formula is C22H21FN2O2S. The van der Waals surface area contributed by atoms with Gasteiger partial charge in [0.15, 0.2) is 5.16 Å². The molecule has 0 saturated carbocycles. The van der Waals surface area contributed by atoms with Crippen molar-refractivity contribution in [2.24, 2.45) is 0 Å². The van der Waals surface area contributed by atoms with Crippen LogP contribution < -0.4 is 0 Å². The van der Waals surface area contributed by atoms with E-state index in [0.29, 0.717) is 33.4 Å². The van der Waals surface area contributed by atoms with E-state index in [1.165, 1.54) is 31.0 Å². The van der Waals surface area contributed by atoms with Crippen molar-refractivity contribution < 1.29 is 13.9 Å². The number of hydrogen-bond donors (Lipinski definition) is 0. The van der Waals surface area contributed by atoms with Crippen LogP contribution in [0.25, 0.3) is 11.3 Å². The van der Waals surface area contributed by atoms with E-state index in [1.807, 2.05) is 44.2 Å². The average molecular weight is 396 g/mol. The molecule has 0 radical (unpaired) electrons. The van der Waals surface area contributed by atoms with Crippen LogP contribution in [0.1, 0.15) is 41.4 Å². The number of esters is 1. The van der Waals surface area contributed by atoms with Crippen molar-refractivity contribution in [1.82, 2.24) is 9.97 Å². The van der Waals surface area contributed by atoms with Crippen LogP contribution in [0.15, 0.2) is 59.8 Å². The highest BCUT2D eigenvalue weighted by Gasteiger charge is 2.24. The largest absolute Gasteiger partial charge is 0.465 e. The second-order valence-electron chi connectivity index (χ2n) is 6.54. The first-order chi connectivity index (χ1) is 13.5. The molecule has 3 rings (SSSR count). The van der Waals surface area contributed by atoms with Gasteiger partial charge in [-0.25, -0.2) is 19.2 Å². The number of ether oxygens (including phenoxy) is 1.